The first-order valence-corrected chi connectivity index (χ1v) is 4.96. The number of β-lactam (4-membered cyclic amide) rings is 1. The monoisotopic (exact) mass is 183 g/mol. The number of rotatable bonds is 0. The lowest BCUT2D eigenvalue weighted by atomic mass is 9.76. The van der Waals surface area contributed by atoms with Gasteiger partial charge < -0.3 is 4.90 Å². The van der Waals surface area contributed by atoms with E-state index in [4.69, 9.17) is 0 Å². The summed E-state index contributed by atoms with van der Waals surface area (Å²) < 4.78 is 0. The van der Waals surface area contributed by atoms with Crippen LogP contribution in [0.1, 0.15) is 48.0 Å². The van der Waals surface area contributed by atoms with E-state index < -0.39 is 0 Å². The van der Waals surface area contributed by atoms with Crippen molar-refractivity contribution in [2.75, 3.05) is 0 Å². The van der Waals surface area contributed by atoms with E-state index in [0.29, 0.717) is 11.9 Å². The van der Waals surface area contributed by atoms with E-state index in [2.05, 4.69) is 41.5 Å². The Hall–Kier alpha value is -0.530. The largest absolute Gasteiger partial charge is 0.334 e. The molecule has 1 atom stereocenters. The third-order valence-corrected chi connectivity index (χ3v) is 2.67. The molecule has 0 aliphatic carbocycles. The van der Waals surface area contributed by atoms with Gasteiger partial charge in [0, 0.05) is 18.0 Å². The minimum absolute atomic E-state index is 0.0206. The van der Waals surface area contributed by atoms with Crippen molar-refractivity contribution in [1.82, 2.24) is 4.90 Å². The molecule has 1 aliphatic heterocycles. The number of carbonyl (C=O) groups excluding carboxylic acids is 1. The highest BCUT2D eigenvalue weighted by Crippen LogP contribution is 2.39. The van der Waals surface area contributed by atoms with E-state index in [0.717, 1.165) is 6.42 Å². The minimum Gasteiger partial charge on any atom is -0.334 e. The van der Waals surface area contributed by atoms with Crippen molar-refractivity contribution in [2.24, 2.45) is 5.41 Å². The van der Waals surface area contributed by atoms with Crippen LogP contribution >= 0.6 is 0 Å². The SMILES string of the molecule is CC(C)(C)C1CC(=O)N1C(C)(C)C. The molecule has 0 spiro atoms. The Balaban J connectivity index is 2.79. The molecule has 0 bridgehead atoms. The van der Waals surface area contributed by atoms with Gasteiger partial charge in [-0.15, -0.1) is 0 Å². The minimum atomic E-state index is -0.0206. The van der Waals surface area contributed by atoms with Crippen molar-refractivity contribution in [2.45, 2.75) is 59.5 Å². The summed E-state index contributed by atoms with van der Waals surface area (Å²) in [7, 11) is 0. The summed E-state index contributed by atoms with van der Waals surface area (Å²) in [5, 5.41) is 0. The van der Waals surface area contributed by atoms with E-state index in [-0.39, 0.29) is 11.0 Å². The van der Waals surface area contributed by atoms with Crippen molar-refractivity contribution in [3.8, 4) is 0 Å². The molecule has 0 aromatic rings. The molecule has 1 heterocycles. The first kappa shape index (κ1) is 10.6. The van der Waals surface area contributed by atoms with Crippen LogP contribution in [0.25, 0.3) is 0 Å². The zero-order valence-corrected chi connectivity index (χ0v) is 9.64. The molecule has 1 rings (SSSR count). The maximum absolute atomic E-state index is 11.5. The Morgan fingerprint density at radius 2 is 1.62 bits per heavy atom. The molecule has 2 heteroatoms. The number of amides is 1. The average molecular weight is 183 g/mol. The Morgan fingerprint density at radius 1 is 1.15 bits per heavy atom. The second-order valence-electron chi connectivity index (χ2n) is 6.02. The first-order valence-electron chi connectivity index (χ1n) is 4.96. The van der Waals surface area contributed by atoms with Gasteiger partial charge in [0.05, 0.1) is 0 Å². The quantitative estimate of drug-likeness (QED) is 0.528. The van der Waals surface area contributed by atoms with Crippen LogP contribution in [0.2, 0.25) is 0 Å². The van der Waals surface area contributed by atoms with E-state index in [9.17, 15) is 4.79 Å². The van der Waals surface area contributed by atoms with Gasteiger partial charge in [0.1, 0.15) is 0 Å². The second kappa shape index (κ2) is 2.73. The maximum Gasteiger partial charge on any atom is 0.225 e. The van der Waals surface area contributed by atoms with Crippen LogP contribution in [0.5, 0.6) is 0 Å². The van der Waals surface area contributed by atoms with Gasteiger partial charge in [-0.1, -0.05) is 20.8 Å². The molecule has 0 saturated carbocycles. The third kappa shape index (κ3) is 1.87. The van der Waals surface area contributed by atoms with Crippen molar-refractivity contribution in [3.05, 3.63) is 0 Å². The zero-order chi connectivity index (χ0) is 10.4. The molecule has 1 fully saturated rings. The predicted octanol–water partition coefficient (Wildman–Crippen LogP) is 2.43. The van der Waals surface area contributed by atoms with Gasteiger partial charge >= 0.3 is 0 Å². The van der Waals surface area contributed by atoms with Crippen LogP contribution in [0, 0.1) is 5.41 Å². The number of carbonyl (C=O) groups is 1. The molecule has 1 amide bonds. The highest BCUT2D eigenvalue weighted by atomic mass is 16.2. The van der Waals surface area contributed by atoms with E-state index >= 15 is 0 Å². The van der Waals surface area contributed by atoms with Gasteiger partial charge in [-0.3, -0.25) is 4.79 Å². The summed E-state index contributed by atoms with van der Waals surface area (Å²) >= 11 is 0. The molecule has 13 heavy (non-hydrogen) atoms. The predicted molar refractivity (Wildman–Crippen MR) is 54.5 cm³/mol. The summed E-state index contributed by atoms with van der Waals surface area (Å²) in [6.07, 6.45) is 0.723. The van der Waals surface area contributed by atoms with Crippen LogP contribution in [-0.4, -0.2) is 22.4 Å². The van der Waals surface area contributed by atoms with Gasteiger partial charge in [-0.25, -0.2) is 0 Å². The van der Waals surface area contributed by atoms with Crippen molar-refractivity contribution in [3.63, 3.8) is 0 Å². The summed E-state index contributed by atoms with van der Waals surface area (Å²) in [6.45, 7) is 12.9. The average Bonchev–Trinajstić information content (AvgIpc) is 1.75. The Kier molecular flexibility index (Phi) is 2.21. The Labute approximate surface area is 81.3 Å². The Bertz CT molecular complexity index is 219. The summed E-state index contributed by atoms with van der Waals surface area (Å²) in [5.74, 6) is 0.299. The normalized spacial score (nSPS) is 24.6. The van der Waals surface area contributed by atoms with Gasteiger partial charge in [0.15, 0.2) is 0 Å². The van der Waals surface area contributed by atoms with E-state index in [1.165, 1.54) is 0 Å². The maximum atomic E-state index is 11.5. The van der Waals surface area contributed by atoms with Crippen molar-refractivity contribution >= 4 is 5.91 Å². The standard InChI is InChI=1S/C11H21NO/c1-10(2,3)8-7-9(13)12(8)11(4,5)6/h8H,7H2,1-6H3. The molecule has 0 radical (unpaired) electrons. The lowest BCUT2D eigenvalue weighted by molar-refractivity contribution is -0.161. The molecule has 0 aromatic heterocycles. The molecule has 1 saturated heterocycles. The fourth-order valence-corrected chi connectivity index (χ4v) is 1.95. The molecule has 0 N–H and O–H groups in total. The zero-order valence-electron chi connectivity index (χ0n) is 9.64. The second-order valence-corrected chi connectivity index (χ2v) is 6.02. The summed E-state index contributed by atoms with van der Waals surface area (Å²) in [6, 6.07) is 0.417. The molecule has 2 nitrogen and oxygen atoms in total. The highest BCUT2D eigenvalue weighted by Gasteiger charge is 2.47. The van der Waals surface area contributed by atoms with Crippen molar-refractivity contribution < 1.29 is 4.79 Å². The van der Waals surface area contributed by atoms with Gasteiger partial charge in [-0.05, 0) is 26.2 Å². The van der Waals surface area contributed by atoms with Gasteiger partial charge in [-0.2, -0.15) is 0 Å². The molecule has 76 valence electrons. The van der Waals surface area contributed by atoms with Crippen LogP contribution < -0.4 is 0 Å². The van der Waals surface area contributed by atoms with Gasteiger partial charge in [0.2, 0.25) is 5.91 Å². The third-order valence-electron chi connectivity index (χ3n) is 2.67. The lowest BCUT2D eigenvalue weighted by Gasteiger charge is -2.54. The van der Waals surface area contributed by atoms with Crippen LogP contribution in [-0.2, 0) is 4.79 Å². The van der Waals surface area contributed by atoms with Crippen molar-refractivity contribution in [1.29, 1.82) is 0 Å². The van der Waals surface area contributed by atoms with E-state index in [1.807, 2.05) is 4.90 Å². The first-order chi connectivity index (χ1) is 5.64. The lowest BCUT2D eigenvalue weighted by Crippen LogP contribution is -2.65. The molecule has 0 aromatic carbocycles. The number of nitrogens with zero attached hydrogens (tertiary/aromatic N) is 1. The molecule has 1 unspecified atom stereocenters. The fraction of sp³-hybridized carbons (Fsp3) is 0.909. The highest BCUT2D eigenvalue weighted by molar-refractivity contribution is 5.84. The Morgan fingerprint density at radius 3 is 1.77 bits per heavy atom. The number of likely N-dealkylation sites (tertiary alicyclic amines) is 1. The summed E-state index contributed by atoms with van der Waals surface area (Å²) in [5.41, 5.74) is 0.189. The fourth-order valence-electron chi connectivity index (χ4n) is 1.95. The van der Waals surface area contributed by atoms with E-state index in [1.54, 1.807) is 0 Å². The number of hydrogen-bond donors (Lipinski definition) is 0. The molecule has 1 aliphatic rings. The van der Waals surface area contributed by atoms with Crippen LogP contribution in [0.15, 0.2) is 0 Å². The molecular weight excluding hydrogens is 162 g/mol. The summed E-state index contributed by atoms with van der Waals surface area (Å²) in [4.78, 5) is 13.5. The van der Waals surface area contributed by atoms with Crippen LogP contribution in [0.3, 0.4) is 0 Å². The van der Waals surface area contributed by atoms with Gasteiger partial charge in [0.25, 0.3) is 0 Å². The topological polar surface area (TPSA) is 20.3 Å². The smallest absolute Gasteiger partial charge is 0.225 e. The number of hydrogen-bond acceptors (Lipinski definition) is 1. The molecular formula is C11H21NO. The van der Waals surface area contributed by atoms with Crippen LogP contribution in [0.4, 0.5) is 0 Å².